The van der Waals surface area contributed by atoms with Crippen LogP contribution in [0.3, 0.4) is 0 Å². The van der Waals surface area contributed by atoms with E-state index in [9.17, 15) is 0 Å². The van der Waals surface area contributed by atoms with Gasteiger partial charge in [-0.15, -0.1) is 0 Å². The fraction of sp³-hybridized carbons (Fsp3) is 0.286. The van der Waals surface area contributed by atoms with Crippen molar-refractivity contribution in [3.05, 3.63) is 18.3 Å². The summed E-state index contributed by atoms with van der Waals surface area (Å²) < 4.78 is 0. The van der Waals surface area contributed by atoms with E-state index in [1.54, 1.807) is 0 Å². The van der Waals surface area contributed by atoms with Gasteiger partial charge >= 0.3 is 0 Å². The van der Waals surface area contributed by atoms with E-state index >= 15 is 0 Å². The predicted molar refractivity (Wildman–Crippen MR) is 47.1 cm³/mol. The molecule has 1 aromatic heterocycles. The van der Waals surface area contributed by atoms with Crippen LogP contribution < -0.4 is 11.0 Å². The van der Waals surface area contributed by atoms with E-state index in [4.69, 9.17) is 5.73 Å². The number of anilines is 1. The molecular weight excluding hydrogens is 143 g/mol. The van der Waals surface area contributed by atoms with Gasteiger partial charge in [0.25, 0.3) is 0 Å². The summed E-state index contributed by atoms with van der Waals surface area (Å²) in [4.78, 5) is 3.99. The van der Waals surface area contributed by atoms with Crippen LogP contribution in [-0.2, 0) is 0 Å². The molecule has 0 saturated carbocycles. The quantitative estimate of drug-likeness (QED) is 0.613. The Bertz CT molecular complexity index is 205. The third kappa shape index (κ3) is 1.68. The topological polar surface area (TPSA) is 38.9 Å². The Hall–Kier alpha value is -0.620. The minimum atomic E-state index is -0.0260. The molecule has 0 spiro atoms. The monoisotopic (exact) mass is 154 g/mol. The first-order valence-electron chi connectivity index (χ1n) is 3.09. The molecule has 0 atom stereocenters. The normalized spacial score (nSPS) is 10.3. The van der Waals surface area contributed by atoms with Crippen LogP contribution in [0.15, 0.2) is 18.3 Å². The molecular formula is C7H11N2P. The molecule has 2 N–H and O–H groups in total. The van der Waals surface area contributed by atoms with Gasteiger partial charge in [0.15, 0.2) is 0 Å². The van der Waals surface area contributed by atoms with Gasteiger partial charge in [-0.05, 0) is 30.8 Å². The maximum absolute atomic E-state index is 5.42. The van der Waals surface area contributed by atoms with Crippen LogP contribution in [0.1, 0.15) is 0 Å². The highest BCUT2D eigenvalue weighted by Crippen LogP contribution is 2.22. The summed E-state index contributed by atoms with van der Waals surface area (Å²) in [6, 6.07) is 3.88. The van der Waals surface area contributed by atoms with Crippen LogP contribution in [0.5, 0.6) is 0 Å². The summed E-state index contributed by atoms with van der Waals surface area (Å²) in [7, 11) is -0.0260. The molecule has 0 aromatic carbocycles. The summed E-state index contributed by atoms with van der Waals surface area (Å²) in [6.07, 6.45) is 1.85. The standard InChI is InChI=1S/C7H11N2P/c1-10(2)6-3-4-7(8)9-5-6/h3-5H,1-2H3,(H2,8,9). The van der Waals surface area contributed by atoms with E-state index in [-0.39, 0.29) is 7.92 Å². The first-order chi connectivity index (χ1) is 4.70. The Morgan fingerprint density at radius 2 is 2.10 bits per heavy atom. The molecule has 1 heterocycles. The summed E-state index contributed by atoms with van der Waals surface area (Å²) in [5.74, 6) is 0.598. The van der Waals surface area contributed by atoms with E-state index in [2.05, 4.69) is 18.3 Å². The Morgan fingerprint density at radius 3 is 2.50 bits per heavy atom. The predicted octanol–water partition coefficient (Wildman–Crippen LogP) is 1.03. The van der Waals surface area contributed by atoms with Gasteiger partial charge in [0.1, 0.15) is 5.82 Å². The molecule has 0 aliphatic carbocycles. The lowest BCUT2D eigenvalue weighted by Crippen LogP contribution is -2.01. The van der Waals surface area contributed by atoms with E-state index < -0.39 is 0 Å². The lowest BCUT2D eigenvalue weighted by molar-refractivity contribution is 1.36. The zero-order chi connectivity index (χ0) is 7.56. The number of nitrogen functional groups attached to an aromatic ring is 1. The van der Waals surface area contributed by atoms with Gasteiger partial charge in [0.2, 0.25) is 0 Å². The van der Waals surface area contributed by atoms with Crippen molar-refractivity contribution in [1.82, 2.24) is 4.98 Å². The fourth-order valence-corrected chi connectivity index (χ4v) is 1.32. The highest BCUT2D eigenvalue weighted by atomic mass is 31.1. The molecule has 1 aromatic rings. The van der Waals surface area contributed by atoms with Crippen LogP contribution in [0.2, 0.25) is 0 Å². The van der Waals surface area contributed by atoms with E-state index in [0.717, 1.165) is 0 Å². The van der Waals surface area contributed by atoms with E-state index in [0.29, 0.717) is 5.82 Å². The maximum Gasteiger partial charge on any atom is 0.123 e. The second kappa shape index (κ2) is 2.98. The molecule has 3 heteroatoms. The first kappa shape index (κ1) is 7.49. The van der Waals surface area contributed by atoms with Crippen molar-refractivity contribution >= 4 is 19.0 Å². The van der Waals surface area contributed by atoms with Gasteiger partial charge < -0.3 is 5.73 Å². The lowest BCUT2D eigenvalue weighted by Gasteiger charge is -2.03. The van der Waals surface area contributed by atoms with Crippen molar-refractivity contribution in [2.75, 3.05) is 19.1 Å². The van der Waals surface area contributed by atoms with Crippen molar-refractivity contribution in [3.8, 4) is 0 Å². The summed E-state index contributed by atoms with van der Waals surface area (Å²) in [5, 5.41) is 1.30. The van der Waals surface area contributed by atoms with Gasteiger partial charge in [0, 0.05) is 6.20 Å². The van der Waals surface area contributed by atoms with Gasteiger partial charge in [-0.1, -0.05) is 7.92 Å². The third-order valence-corrected chi connectivity index (χ3v) is 2.58. The average Bonchev–Trinajstić information content (AvgIpc) is 1.88. The fourth-order valence-electron chi connectivity index (χ4n) is 0.662. The molecule has 0 aliphatic rings. The van der Waals surface area contributed by atoms with Crippen molar-refractivity contribution in [2.45, 2.75) is 0 Å². The molecule has 0 unspecified atom stereocenters. The van der Waals surface area contributed by atoms with Crippen LogP contribution in [0, 0.1) is 0 Å². The van der Waals surface area contributed by atoms with Crippen LogP contribution in [-0.4, -0.2) is 18.3 Å². The molecule has 0 aliphatic heterocycles. The van der Waals surface area contributed by atoms with E-state index in [1.165, 1.54) is 5.30 Å². The number of hydrogen-bond donors (Lipinski definition) is 1. The van der Waals surface area contributed by atoms with Gasteiger partial charge in [-0.2, -0.15) is 0 Å². The molecule has 2 nitrogen and oxygen atoms in total. The molecule has 0 amide bonds. The summed E-state index contributed by atoms with van der Waals surface area (Å²) >= 11 is 0. The number of hydrogen-bond acceptors (Lipinski definition) is 2. The van der Waals surface area contributed by atoms with Crippen LogP contribution in [0.25, 0.3) is 0 Å². The smallest absolute Gasteiger partial charge is 0.123 e. The number of rotatable bonds is 1. The van der Waals surface area contributed by atoms with Crippen molar-refractivity contribution < 1.29 is 0 Å². The molecule has 0 radical (unpaired) electrons. The van der Waals surface area contributed by atoms with Crippen molar-refractivity contribution in [2.24, 2.45) is 0 Å². The molecule has 0 bridgehead atoms. The Morgan fingerprint density at radius 1 is 1.40 bits per heavy atom. The van der Waals surface area contributed by atoms with E-state index in [1.807, 2.05) is 18.3 Å². The largest absolute Gasteiger partial charge is 0.384 e. The Kier molecular flexibility index (Phi) is 2.23. The minimum absolute atomic E-state index is 0.0260. The first-order valence-corrected chi connectivity index (χ1v) is 5.32. The van der Waals surface area contributed by atoms with Gasteiger partial charge in [0.05, 0.1) is 0 Å². The number of pyridine rings is 1. The molecule has 10 heavy (non-hydrogen) atoms. The minimum Gasteiger partial charge on any atom is -0.384 e. The second-order valence-corrected chi connectivity index (χ2v) is 4.64. The zero-order valence-corrected chi connectivity index (χ0v) is 7.10. The van der Waals surface area contributed by atoms with Crippen LogP contribution >= 0.6 is 7.92 Å². The highest BCUT2D eigenvalue weighted by molar-refractivity contribution is 7.64. The van der Waals surface area contributed by atoms with Crippen LogP contribution in [0.4, 0.5) is 5.82 Å². The van der Waals surface area contributed by atoms with Gasteiger partial charge in [-0.3, -0.25) is 0 Å². The zero-order valence-electron chi connectivity index (χ0n) is 6.20. The Labute approximate surface area is 62.2 Å². The number of nitrogens with two attached hydrogens (primary N) is 1. The highest BCUT2D eigenvalue weighted by Gasteiger charge is 1.96. The third-order valence-electron chi connectivity index (χ3n) is 1.29. The number of aromatic nitrogens is 1. The van der Waals surface area contributed by atoms with Crippen molar-refractivity contribution in [1.29, 1.82) is 0 Å². The SMILES string of the molecule is CP(C)c1ccc(N)nc1. The lowest BCUT2D eigenvalue weighted by atomic mass is 10.5. The molecule has 1 rings (SSSR count). The van der Waals surface area contributed by atoms with Gasteiger partial charge in [-0.25, -0.2) is 4.98 Å². The average molecular weight is 154 g/mol. The van der Waals surface area contributed by atoms with Crippen molar-refractivity contribution in [3.63, 3.8) is 0 Å². The molecule has 0 fully saturated rings. The molecule has 0 saturated heterocycles. The summed E-state index contributed by atoms with van der Waals surface area (Å²) in [5.41, 5.74) is 5.42. The molecule has 54 valence electrons. The summed E-state index contributed by atoms with van der Waals surface area (Å²) in [6.45, 7) is 4.39. The second-order valence-electron chi connectivity index (χ2n) is 2.34. The Balaban J connectivity index is 2.89. The maximum atomic E-state index is 5.42. The number of nitrogens with zero attached hydrogens (tertiary/aromatic N) is 1.